The van der Waals surface area contributed by atoms with Crippen LogP contribution < -0.4 is 11.0 Å². The Hall–Kier alpha value is -2.90. The predicted octanol–water partition coefficient (Wildman–Crippen LogP) is -0.235. The van der Waals surface area contributed by atoms with Gasteiger partial charge in [0.2, 0.25) is 5.82 Å². The third-order valence-electron chi connectivity index (χ3n) is 2.46. The monoisotopic (exact) mass is 276 g/mol. The van der Waals surface area contributed by atoms with Gasteiger partial charge in [0.1, 0.15) is 0 Å². The van der Waals surface area contributed by atoms with Crippen LogP contribution in [0.3, 0.4) is 0 Å². The first kappa shape index (κ1) is 13.5. The second kappa shape index (κ2) is 5.83. The summed E-state index contributed by atoms with van der Waals surface area (Å²) in [6.45, 7) is -0.0333. The number of nitrogens with one attached hydrogen (secondary N) is 2. The third-order valence-corrected chi connectivity index (χ3v) is 2.46. The lowest BCUT2D eigenvalue weighted by molar-refractivity contribution is -0.136. The maximum Gasteiger partial charge on any atom is 0.348 e. The van der Waals surface area contributed by atoms with Crippen molar-refractivity contribution in [2.45, 2.75) is 6.42 Å². The smallest absolute Gasteiger partial charge is 0.348 e. The van der Waals surface area contributed by atoms with Gasteiger partial charge in [0, 0.05) is 6.54 Å². The first-order valence-electron chi connectivity index (χ1n) is 5.82. The van der Waals surface area contributed by atoms with Gasteiger partial charge in [0.25, 0.3) is 5.91 Å². The maximum atomic E-state index is 11.7. The third kappa shape index (κ3) is 3.10. The van der Waals surface area contributed by atoms with Gasteiger partial charge >= 0.3 is 11.7 Å². The van der Waals surface area contributed by atoms with E-state index in [-0.39, 0.29) is 18.8 Å². The number of H-pyrrole nitrogens is 1. The number of hydrogen-bond acceptors (Lipinski definition) is 4. The molecule has 0 bridgehead atoms. The quantitative estimate of drug-likeness (QED) is 0.697. The Morgan fingerprint density at radius 3 is 2.65 bits per heavy atom. The van der Waals surface area contributed by atoms with Crippen molar-refractivity contribution in [1.29, 1.82) is 0 Å². The second-order valence-electron chi connectivity index (χ2n) is 3.93. The number of amides is 1. The molecule has 0 fully saturated rings. The molecule has 2 aromatic rings. The Morgan fingerprint density at radius 1 is 1.30 bits per heavy atom. The van der Waals surface area contributed by atoms with Crippen LogP contribution in [0.2, 0.25) is 0 Å². The van der Waals surface area contributed by atoms with Crippen LogP contribution >= 0.6 is 0 Å². The van der Waals surface area contributed by atoms with Gasteiger partial charge in [-0.3, -0.25) is 14.6 Å². The van der Waals surface area contributed by atoms with Crippen LogP contribution in [0.5, 0.6) is 0 Å². The number of aromatic amines is 1. The number of carbonyl (C=O) groups excluding carboxylic acids is 1. The van der Waals surface area contributed by atoms with E-state index in [9.17, 15) is 14.4 Å². The molecule has 8 nitrogen and oxygen atoms in total. The molecule has 0 aliphatic rings. The normalized spacial score (nSPS) is 10.2. The molecule has 104 valence electrons. The van der Waals surface area contributed by atoms with Crippen molar-refractivity contribution in [1.82, 2.24) is 20.1 Å². The lowest BCUT2D eigenvalue weighted by Gasteiger charge is -1.99. The molecule has 0 aliphatic carbocycles. The zero-order valence-corrected chi connectivity index (χ0v) is 10.4. The molecule has 0 saturated heterocycles. The first-order chi connectivity index (χ1) is 9.58. The molecular weight excluding hydrogens is 264 g/mol. The highest BCUT2D eigenvalue weighted by molar-refractivity contribution is 5.90. The van der Waals surface area contributed by atoms with Crippen LogP contribution in [0.25, 0.3) is 5.69 Å². The second-order valence-corrected chi connectivity index (χ2v) is 3.93. The van der Waals surface area contributed by atoms with E-state index in [1.165, 1.54) is 0 Å². The number of benzene rings is 1. The Balaban J connectivity index is 2.13. The number of para-hydroxylation sites is 1. The fourth-order valence-electron chi connectivity index (χ4n) is 1.54. The molecule has 3 N–H and O–H groups in total. The van der Waals surface area contributed by atoms with E-state index < -0.39 is 17.6 Å². The molecule has 0 saturated carbocycles. The molecule has 1 amide bonds. The number of carboxylic acids is 1. The van der Waals surface area contributed by atoms with Crippen LogP contribution in [-0.4, -0.2) is 38.3 Å². The Bertz CT molecular complexity index is 674. The summed E-state index contributed by atoms with van der Waals surface area (Å²) in [7, 11) is 0. The van der Waals surface area contributed by atoms with Gasteiger partial charge < -0.3 is 10.4 Å². The topological polar surface area (TPSA) is 117 Å². The molecule has 0 atom stereocenters. The van der Waals surface area contributed by atoms with Crippen molar-refractivity contribution in [3.63, 3.8) is 0 Å². The van der Waals surface area contributed by atoms with Crippen LogP contribution in [0.15, 0.2) is 35.1 Å². The first-order valence-corrected chi connectivity index (χ1v) is 5.82. The highest BCUT2D eigenvalue weighted by atomic mass is 16.4. The minimum atomic E-state index is -1.02. The molecule has 2 rings (SSSR count). The summed E-state index contributed by atoms with van der Waals surface area (Å²) < 4.78 is 1.06. The van der Waals surface area contributed by atoms with E-state index >= 15 is 0 Å². The Labute approximate surface area is 113 Å². The van der Waals surface area contributed by atoms with E-state index in [4.69, 9.17) is 5.11 Å². The fourth-order valence-corrected chi connectivity index (χ4v) is 1.54. The highest BCUT2D eigenvalue weighted by Gasteiger charge is 2.13. The van der Waals surface area contributed by atoms with Crippen LogP contribution in [0.4, 0.5) is 0 Å². The number of carboxylic acid groups (broad SMARTS) is 1. The molecule has 0 unspecified atom stereocenters. The zero-order valence-electron chi connectivity index (χ0n) is 10.4. The largest absolute Gasteiger partial charge is 0.481 e. The van der Waals surface area contributed by atoms with Crippen molar-refractivity contribution >= 4 is 11.9 Å². The molecule has 20 heavy (non-hydrogen) atoms. The average molecular weight is 276 g/mol. The number of nitrogens with zero attached hydrogens (tertiary/aromatic N) is 2. The number of aromatic nitrogens is 3. The summed E-state index contributed by atoms with van der Waals surface area (Å²) in [6, 6.07) is 8.62. The van der Waals surface area contributed by atoms with Crippen molar-refractivity contribution < 1.29 is 14.7 Å². The van der Waals surface area contributed by atoms with Gasteiger partial charge in [-0.15, -0.1) is 5.10 Å². The Kier molecular flexibility index (Phi) is 3.94. The van der Waals surface area contributed by atoms with Gasteiger partial charge in [-0.05, 0) is 12.1 Å². The summed E-state index contributed by atoms with van der Waals surface area (Å²) in [4.78, 5) is 36.0. The molecule has 1 aromatic heterocycles. The van der Waals surface area contributed by atoms with Gasteiger partial charge in [-0.1, -0.05) is 18.2 Å². The maximum absolute atomic E-state index is 11.7. The van der Waals surface area contributed by atoms with E-state index in [2.05, 4.69) is 15.4 Å². The Morgan fingerprint density at radius 2 is 2.00 bits per heavy atom. The number of aliphatic carboxylic acids is 1. The van der Waals surface area contributed by atoms with Crippen LogP contribution in [-0.2, 0) is 4.79 Å². The van der Waals surface area contributed by atoms with Crippen LogP contribution in [0, 0.1) is 0 Å². The summed E-state index contributed by atoms with van der Waals surface area (Å²) in [5.74, 6) is -1.81. The van der Waals surface area contributed by atoms with E-state index in [0.29, 0.717) is 5.69 Å². The standard InChI is InChI=1S/C12H12N4O4/c17-9(18)6-7-13-11(19)10-14-12(20)16(15-10)8-4-2-1-3-5-8/h1-5H,6-7H2,(H,13,19)(H,17,18)(H,14,15,20). The summed E-state index contributed by atoms with van der Waals surface area (Å²) in [5.41, 5.74) is -0.0158. The highest BCUT2D eigenvalue weighted by Crippen LogP contribution is 2.01. The molecule has 1 aromatic carbocycles. The molecule has 0 aliphatic heterocycles. The lowest BCUT2D eigenvalue weighted by Crippen LogP contribution is -2.27. The number of rotatable bonds is 5. The van der Waals surface area contributed by atoms with Gasteiger partial charge in [0.05, 0.1) is 12.1 Å². The predicted molar refractivity (Wildman–Crippen MR) is 68.8 cm³/mol. The minimum Gasteiger partial charge on any atom is -0.481 e. The van der Waals surface area contributed by atoms with Crippen molar-refractivity contribution in [3.8, 4) is 5.69 Å². The SMILES string of the molecule is O=C(O)CCNC(=O)c1nn(-c2ccccc2)c(=O)[nH]1. The molecule has 1 heterocycles. The molecular formula is C12H12N4O4. The van der Waals surface area contributed by atoms with Gasteiger partial charge in [-0.25, -0.2) is 4.79 Å². The molecule has 0 radical (unpaired) electrons. The van der Waals surface area contributed by atoms with Crippen molar-refractivity contribution in [2.24, 2.45) is 0 Å². The van der Waals surface area contributed by atoms with Crippen molar-refractivity contribution in [3.05, 3.63) is 46.6 Å². The van der Waals surface area contributed by atoms with Gasteiger partial charge in [-0.2, -0.15) is 4.68 Å². The summed E-state index contributed by atoms with van der Waals surface area (Å²) in [6.07, 6.45) is -0.199. The lowest BCUT2D eigenvalue weighted by atomic mass is 10.3. The number of hydrogen-bond donors (Lipinski definition) is 3. The zero-order chi connectivity index (χ0) is 14.5. The van der Waals surface area contributed by atoms with E-state index in [1.807, 2.05) is 0 Å². The van der Waals surface area contributed by atoms with E-state index in [0.717, 1.165) is 4.68 Å². The van der Waals surface area contributed by atoms with Gasteiger partial charge in [0.15, 0.2) is 0 Å². The number of carbonyl (C=O) groups is 2. The fraction of sp³-hybridized carbons (Fsp3) is 0.167. The average Bonchev–Trinajstić information content (AvgIpc) is 2.81. The van der Waals surface area contributed by atoms with Crippen molar-refractivity contribution in [2.75, 3.05) is 6.54 Å². The van der Waals surface area contributed by atoms with Crippen LogP contribution in [0.1, 0.15) is 17.0 Å². The molecule has 8 heteroatoms. The summed E-state index contributed by atoms with van der Waals surface area (Å²) in [5, 5.41) is 14.7. The summed E-state index contributed by atoms with van der Waals surface area (Å²) >= 11 is 0. The molecule has 0 spiro atoms. The van der Waals surface area contributed by atoms with E-state index in [1.54, 1.807) is 30.3 Å². The minimum absolute atomic E-state index is 0.0333.